The van der Waals surface area contributed by atoms with Crippen LogP contribution in [0.4, 0.5) is 5.69 Å². The van der Waals surface area contributed by atoms with Gasteiger partial charge in [0, 0.05) is 17.1 Å². The van der Waals surface area contributed by atoms with Crippen LogP contribution in [0.15, 0.2) is 36.9 Å². The highest BCUT2D eigenvalue weighted by molar-refractivity contribution is 6.30. The Labute approximate surface area is 101 Å². The summed E-state index contributed by atoms with van der Waals surface area (Å²) in [6.07, 6.45) is 2.20. The van der Waals surface area contributed by atoms with Gasteiger partial charge in [-0.3, -0.25) is 4.79 Å². The van der Waals surface area contributed by atoms with Crippen LogP contribution in [-0.4, -0.2) is 5.91 Å². The highest BCUT2D eigenvalue weighted by atomic mass is 35.5. The van der Waals surface area contributed by atoms with Crippen LogP contribution in [0.5, 0.6) is 0 Å². The van der Waals surface area contributed by atoms with E-state index in [0.717, 1.165) is 5.69 Å². The number of halogens is 1. The van der Waals surface area contributed by atoms with Gasteiger partial charge >= 0.3 is 0 Å². The molecule has 1 aromatic rings. The van der Waals surface area contributed by atoms with Crippen LogP contribution in [0.25, 0.3) is 0 Å². The van der Waals surface area contributed by atoms with Gasteiger partial charge in [0.2, 0.25) is 5.91 Å². The lowest BCUT2D eigenvalue weighted by atomic mass is 9.89. The van der Waals surface area contributed by atoms with Crippen LogP contribution in [0.3, 0.4) is 0 Å². The zero-order valence-electron chi connectivity index (χ0n) is 9.59. The maximum Gasteiger partial charge on any atom is 0.225 e. The number of hydrogen-bond donors (Lipinski definition) is 1. The number of anilines is 1. The van der Waals surface area contributed by atoms with E-state index in [1.807, 2.05) is 13.8 Å². The SMILES string of the molecule is C=CC(C)(C)CC(=O)Nc1ccc(Cl)cc1. The Morgan fingerprint density at radius 2 is 2.00 bits per heavy atom. The molecule has 0 aliphatic heterocycles. The molecule has 0 saturated carbocycles. The topological polar surface area (TPSA) is 29.1 Å². The number of carbonyl (C=O) groups excluding carboxylic acids is 1. The Morgan fingerprint density at radius 3 is 2.50 bits per heavy atom. The van der Waals surface area contributed by atoms with E-state index < -0.39 is 0 Å². The quantitative estimate of drug-likeness (QED) is 0.792. The normalized spacial score (nSPS) is 10.9. The first kappa shape index (κ1) is 12.8. The summed E-state index contributed by atoms with van der Waals surface area (Å²) in [6.45, 7) is 7.65. The van der Waals surface area contributed by atoms with Crippen molar-refractivity contribution in [1.82, 2.24) is 0 Å². The van der Waals surface area contributed by atoms with Gasteiger partial charge in [-0.25, -0.2) is 0 Å². The van der Waals surface area contributed by atoms with E-state index in [9.17, 15) is 4.79 Å². The number of nitrogens with one attached hydrogen (secondary N) is 1. The number of hydrogen-bond acceptors (Lipinski definition) is 1. The number of rotatable bonds is 4. The molecule has 86 valence electrons. The third-order valence-corrected chi connectivity index (χ3v) is 2.55. The molecule has 1 aromatic carbocycles. The molecule has 0 bridgehead atoms. The lowest BCUT2D eigenvalue weighted by molar-refractivity contribution is -0.117. The Bertz CT molecular complexity index is 381. The second kappa shape index (κ2) is 5.17. The van der Waals surface area contributed by atoms with Crippen molar-refractivity contribution in [3.05, 3.63) is 41.9 Å². The highest BCUT2D eigenvalue weighted by Gasteiger charge is 2.17. The molecule has 0 unspecified atom stereocenters. The standard InChI is InChI=1S/C13H16ClNO/c1-4-13(2,3)9-12(16)15-11-7-5-10(14)6-8-11/h4-8H,1,9H2,2-3H3,(H,15,16). The molecule has 2 nitrogen and oxygen atoms in total. The lowest BCUT2D eigenvalue weighted by Crippen LogP contribution is -2.20. The van der Waals surface area contributed by atoms with Gasteiger partial charge in [0.1, 0.15) is 0 Å². The van der Waals surface area contributed by atoms with Gasteiger partial charge in [-0.1, -0.05) is 31.5 Å². The van der Waals surface area contributed by atoms with Gasteiger partial charge in [0.25, 0.3) is 0 Å². The molecular weight excluding hydrogens is 222 g/mol. The van der Waals surface area contributed by atoms with Crippen molar-refractivity contribution >= 4 is 23.2 Å². The number of benzene rings is 1. The Hall–Kier alpha value is -1.28. The zero-order valence-corrected chi connectivity index (χ0v) is 10.3. The smallest absolute Gasteiger partial charge is 0.225 e. The monoisotopic (exact) mass is 237 g/mol. The van der Waals surface area contributed by atoms with Crippen molar-refractivity contribution in [1.29, 1.82) is 0 Å². The van der Waals surface area contributed by atoms with Crippen LogP contribution in [0, 0.1) is 5.41 Å². The van der Waals surface area contributed by atoms with Crippen molar-refractivity contribution in [3.63, 3.8) is 0 Å². The molecule has 3 heteroatoms. The molecule has 1 rings (SSSR count). The Kier molecular flexibility index (Phi) is 4.13. The summed E-state index contributed by atoms with van der Waals surface area (Å²) in [7, 11) is 0. The minimum Gasteiger partial charge on any atom is -0.326 e. The van der Waals surface area contributed by atoms with Crippen LogP contribution in [-0.2, 0) is 4.79 Å². The molecule has 1 amide bonds. The van der Waals surface area contributed by atoms with Crippen molar-refractivity contribution in [2.75, 3.05) is 5.32 Å². The second-order valence-electron chi connectivity index (χ2n) is 4.42. The maximum absolute atomic E-state index is 11.7. The highest BCUT2D eigenvalue weighted by Crippen LogP contribution is 2.22. The second-order valence-corrected chi connectivity index (χ2v) is 4.86. The van der Waals surface area contributed by atoms with E-state index in [1.54, 1.807) is 30.3 Å². The number of allylic oxidation sites excluding steroid dienone is 1. The summed E-state index contributed by atoms with van der Waals surface area (Å²) >= 11 is 5.75. The summed E-state index contributed by atoms with van der Waals surface area (Å²) in [5.41, 5.74) is 0.575. The lowest BCUT2D eigenvalue weighted by Gasteiger charge is -2.18. The van der Waals surface area contributed by atoms with Gasteiger partial charge in [-0.15, -0.1) is 6.58 Å². The van der Waals surface area contributed by atoms with Crippen LogP contribution in [0.1, 0.15) is 20.3 Å². The van der Waals surface area contributed by atoms with Crippen molar-refractivity contribution in [2.45, 2.75) is 20.3 Å². The molecular formula is C13H16ClNO. The fourth-order valence-corrected chi connectivity index (χ4v) is 1.35. The molecule has 16 heavy (non-hydrogen) atoms. The molecule has 0 heterocycles. The van der Waals surface area contributed by atoms with Crippen molar-refractivity contribution < 1.29 is 4.79 Å². The van der Waals surface area contributed by atoms with E-state index in [-0.39, 0.29) is 11.3 Å². The van der Waals surface area contributed by atoms with Crippen LogP contribution < -0.4 is 5.32 Å². The van der Waals surface area contributed by atoms with Crippen LogP contribution >= 0.6 is 11.6 Å². The van der Waals surface area contributed by atoms with Gasteiger partial charge in [-0.2, -0.15) is 0 Å². The Balaban J connectivity index is 2.58. The third kappa shape index (κ3) is 4.07. The summed E-state index contributed by atoms with van der Waals surface area (Å²) < 4.78 is 0. The first-order valence-electron chi connectivity index (χ1n) is 5.12. The summed E-state index contributed by atoms with van der Waals surface area (Å²) in [5.74, 6) is -0.0211. The summed E-state index contributed by atoms with van der Waals surface area (Å²) in [6, 6.07) is 7.05. The average Bonchev–Trinajstić information content (AvgIpc) is 2.21. The third-order valence-electron chi connectivity index (χ3n) is 2.30. The number of carbonyl (C=O) groups is 1. The van der Waals surface area contributed by atoms with E-state index in [1.165, 1.54) is 0 Å². The first-order valence-corrected chi connectivity index (χ1v) is 5.50. The minimum absolute atomic E-state index is 0.0211. The van der Waals surface area contributed by atoms with Crippen molar-refractivity contribution in [2.24, 2.45) is 5.41 Å². The Morgan fingerprint density at radius 1 is 1.44 bits per heavy atom. The van der Waals surface area contributed by atoms with Gasteiger partial charge in [-0.05, 0) is 29.7 Å². The predicted molar refractivity (Wildman–Crippen MR) is 68.7 cm³/mol. The summed E-state index contributed by atoms with van der Waals surface area (Å²) in [4.78, 5) is 11.7. The van der Waals surface area contributed by atoms with Crippen molar-refractivity contribution in [3.8, 4) is 0 Å². The molecule has 0 aliphatic rings. The largest absolute Gasteiger partial charge is 0.326 e. The fourth-order valence-electron chi connectivity index (χ4n) is 1.22. The van der Waals surface area contributed by atoms with E-state index in [0.29, 0.717) is 11.4 Å². The van der Waals surface area contributed by atoms with E-state index >= 15 is 0 Å². The van der Waals surface area contributed by atoms with Gasteiger partial charge in [0.05, 0.1) is 0 Å². The first-order chi connectivity index (χ1) is 7.43. The van der Waals surface area contributed by atoms with E-state index in [2.05, 4.69) is 11.9 Å². The van der Waals surface area contributed by atoms with Crippen LogP contribution in [0.2, 0.25) is 5.02 Å². The summed E-state index contributed by atoms with van der Waals surface area (Å²) in [5, 5.41) is 3.47. The number of amides is 1. The molecule has 0 aromatic heterocycles. The zero-order chi connectivity index (χ0) is 12.2. The molecule has 1 N–H and O–H groups in total. The fraction of sp³-hybridized carbons (Fsp3) is 0.308. The average molecular weight is 238 g/mol. The molecule has 0 radical (unpaired) electrons. The van der Waals surface area contributed by atoms with Gasteiger partial charge in [0.15, 0.2) is 0 Å². The molecule has 0 aliphatic carbocycles. The molecule has 0 atom stereocenters. The maximum atomic E-state index is 11.7. The minimum atomic E-state index is -0.184. The molecule has 0 spiro atoms. The van der Waals surface area contributed by atoms with E-state index in [4.69, 9.17) is 11.6 Å². The predicted octanol–water partition coefficient (Wildman–Crippen LogP) is 3.88. The molecule has 0 saturated heterocycles. The molecule has 0 fully saturated rings. The van der Waals surface area contributed by atoms with Gasteiger partial charge < -0.3 is 5.32 Å².